The lowest BCUT2D eigenvalue weighted by Crippen LogP contribution is -2.21. The number of rotatable bonds is 5. The van der Waals surface area contributed by atoms with Crippen LogP contribution in [0.25, 0.3) is 0 Å². The molecule has 0 aliphatic rings. The number of halogens is 2. The summed E-state index contributed by atoms with van der Waals surface area (Å²) in [6.07, 6.45) is 3.70. The predicted molar refractivity (Wildman–Crippen MR) is 92.2 cm³/mol. The Labute approximate surface area is 140 Å². The van der Waals surface area contributed by atoms with Crippen LogP contribution in [0.5, 0.6) is 0 Å². The maximum Gasteiger partial charge on any atom is 0.101 e. The summed E-state index contributed by atoms with van der Waals surface area (Å²) < 4.78 is 2.11. The molecule has 0 bridgehead atoms. The molecule has 1 atom stereocenters. The molecular formula is C15H16Br2N2S. The van der Waals surface area contributed by atoms with Crippen LogP contribution >= 0.6 is 43.6 Å². The van der Waals surface area contributed by atoms with Crippen molar-refractivity contribution in [1.82, 2.24) is 4.98 Å². The van der Waals surface area contributed by atoms with Crippen molar-refractivity contribution >= 4 is 43.6 Å². The smallest absolute Gasteiger partial charge is 0.101 e. The molecule has 1 heterocycles. The van der Waals surface area contributed by atoms with Crippen LogP contribution in [0.4, 0.5) is 0 Å². The number of hydrogen-bond acceptors (Lipinski definition) is 3. The average Bonchev–Trinajstić information content (AvgIpc) is 2.44. The van der Waals surface area contributed by atoms with Crippen molar-refractivity contribution in [3.05, 3.63) is 51.0 Å². The number of pyridine rings is 1. The van der Waals surface area contributed by atoms with E-state index >= 15 is 0 Å². The van der Waals surface area contributed by atoms with Gasteiger partial charge in [0.25, 0.3) is 0 Å². The lowest BCUT2D eigenvalue weighted by Gasteiger charge is -2.11. The molecule has 5 heteroatoms. The number of hydrogen-bond donors (Lipinski definition) is 1. The van der Waals surface area contributed by atoms with E-state index in [2.05, 4.69) is 62.0 Å². The number of nitrogens with two attached hydrogens (primary N) is 1. The van der Waals surface area contributed by atoms with Crippen molar-refractivity contribution in [2.45, 2.75) is 35.7 Å². The van der Waals surface area contributed by atoms with Gasteiger partial charge in [-0.2, -0.15) is 0 Å². The third-order valence-corrected chi connectivity index (χ3v) is 5.10. The Morgan fingerprint density at radius 3 is 2.65 bits per heavy atom. The van der Waals surface area contributed by atoms with Gasteiger partial charge in [0.1, 0.15) is 5.03 Å². The summed E-state index contributed by atoms with van der Waals surface area (Å²) in [7, 11) is 0. The first-order valence-corrected chi connectivity index (χ1v) is 8.82. The van der Waals surface area contributed by atoms with Gasteiger partial charge in [-0.05, 0) is 58.6 Å². The van der Waals surface area contributed by atoms with Crippen molar-refractivity contribution in [3.8, 4) is 0 Å². The molecule has 2 rings (SSSR count). The standard InChI is InChI=1S/C15H16Br2N2S/c1-2-12(18)7-10-3-5-13(8-14(10)17)20-15-6-4-11(16)9-19-15/h3-6,8-9,12H,2,7,18H2,1H3. The highest BCUT2D eigenvalue weighted by atomic mass is 79.9. The molecule has 0 aliphatic heterocycles. The van der Waals surface area contributed by atoms with E-state index in [0.717, 1.165) is 26.8 Å². The van der Waals surface area contributed by atoms with E-state index in [4.69, 9.17) is 5.73 Å². The maximum atomic E-state index is 6.01. The largest absolute Gasteiger partial charge is 0.327 e. The average molecular weight is 416 g/mol. The quantitative estimate of drug-likeness (QED) is 0.743. The first-order chi connectivity index (χ1) is 9.58. The number of nitrogens with zero attached hydrogens (tertiary/aromatic N) is 1. The van der Waals surface area contributed by atoms with E-state index in [1.165, 1.54) is 10.5 Å². The van der Waals surface area contributed by atoms with Crippen molar-refractivity contribution in [3.63, 3.8) is 0 Å². The molecule has 1 aromatic heterocycles. The summed E-state index contributed by atoms with van der Waals surface area (Å²) in [6, 6.07) is 10.6. The minimum absolute atomic E-state index is 0.220. The van der Waals surface area contributed by atoms with E-state index in [1.54, 1.807) is 11.8 Å². The predicted octanol–water partition coefficient (Wildman–Crippen LogP) is 5.04. The Balaban J connectivity index is 2.10. The van der Waals surface area contributed by atoms with Crippen molar-refractivity contribution < 1.29 is 0 Å². The Kier molecular flexibility index (Phi) is 6.08. The second-order valence-electron chi connectivity index (χ2n) is 4.54. The lowest BCUT2D eigenvalue weighted by atomic mass is 10.1. The summed E-state index contributed by atoms with van der Waals surface area (Å²) in [5.41, 5.74) is 7.27. The van der Waals surface area contributed by atoms with Gasteiger partial charge >= 0.3 is 0 Å². The molecule has 0 amide bonds. The molecule has 0 radical (unpaired) electrons. The van der Waals surface area contributed by atoms with Gasteiger partial charge in [0.2, 0.25) is 0 Å². The van der Waals surface area contributed by atoms with Gasteiger partial charge in [-0.25, -0.2) is 4.98 Å². The summed E-state index contributed by atoms with van der Waals surface area (Å²) in [5, 5.41) is 0.984. The molecule has 0 fully saturated rings. The third kappa shape index (κ3) is 4.58. The molecule has 20 heavy (non-hydrogen) atoms. The Hall–Kier alpha value is -0.360. The van der Waals surface area contributed by atoms with Crippen LogP contribution in [0.3, 0.4) is 0 Å². The van der Waals surface area contributed by atoms with E-state index in [0.29, 0.717) is 0 Å². The van der Waals surface area contributed by atoms with E-state index in [9.17, 15) is 0 Å². The van der Waals surface area contributed by atoms with Crippen molar-refractivity contribution in [2.24, 2.45) is 5.73 Å². The van der Waals surface area contributed by atoms with Crippen LogP contribution in [0, 0.1) is 0 Å². The van der Waals surface area contributed by atoms with Gasteiger partial charge in [-0.3, -0.25) is 0 Å². The summed E-state index contributed by atoms with van der Waals surface area (Å²) in [6.45, 7) is 2.11. The summed E-state index contributed by atoms with van der Waals surface area (Å²) >= 11 is 8.67. The number of benzene rings is 1. The van der Waals surface area contributed by atoms with Gasteiger partial charge in [-0.1, -0.05) is 40.7 Å². The minimum atomic E-state index is 0.220. The minimum Gasteiger partial charge on any atom is -0.327 e. The molecular weight excluding hydrogens is 400 g/mol. The Morgan fingerprint density at radius 2 is 2.05 bits per heavy atom. The topological polar surface area (TPSA) is 38.9 Å². The SMILES string of the molecule is CCC(N)Cc1ccc(Sc2ccc(Br)cn2)cc1Br. The molecule has 0 aliphatic carbocycles. The van der Waals surface area contributed by atoms with Gasteiger partial charge in [0.05, 0.1) is 0 Å². The van der Waals surface area contributed by atoms with E-state index < -0.39 is 0 Å². The molecule has 2 nitrogen and oxygen atoms in total. The third-order valence-electron chi connectivity index (χ3n) is 2.95. The zero-order valence-electron chi connectivity index (χ0n) is 11.1. The van der Waals surface area contributed by atoms with Gasteiger partial charge in [0, 0.05) is 26.1 Å². The molecule has 0 saturated carbocycles. The molecule has 106 valence electrons. The maximum absolute atomic E-state index is 6.01. The van der Waals surface area contributed by atoms with Crippen LogP contribution in [0.2, 0.25) is 0 Å². The fourth-order valence-corrected chi connectivity index (χ4v) is 3.45. The zero-order valence-corrected chi connectivity index (χ0v) is 15.1. The fraction of sp³-hybridized carbons (Fsp3) is 0.267. The molecule has 0 saturated heterocycles. The lowest BCUT2D eigenvalue weighted by molar-refractivity contribution is 0.645. The second-order valence-corrected chi connectivity index (χ2v) is 7.41. The van der Waals surface area contributed by atoms with Crippen LogP contribution in [-0.2, 0) is 6.42 Å². The molecule has 2 aromatic rings. The number of aromatic nitrogens is 1. The van der Waals surface area contributed by atoms with Crippen molar-refractivity contribution in [2.75, 3.05) is 0 Å². The van der Waals surface area contributed by atoms with Gasteiger partial charge < -0.3 is 5.73 Å². The molecule has 1 unspecified atom stereocenters. The first kappa shape index (κ1) is 16.0. The first-order valence-electron chi connectivity index (χ1n) is 6.42. The second kappa shape index (κ2) is 7.59. The van der Waals surface area contributed by atoms with Gasteiger partial charge in [0.15, 0.2) is 0 Å². The highest BCUT2D eigenvalue weighted by Crippen LogP contribution is 2.30. The molecule has 1 aromatic carbocycles. The Bertz CT molecular complexity index is 573. The highest BCUT2D eigenvalue weighted by Gasteiger charge is 2.07. The highest BCUT2D eigenvalue weighted by molar-refractivity contribution is 9.10. The zero-order chi connectivity index (χ0) is 14.5. The van der Waals surface area contributed by atoms with Crippen LogP contribution in [-0.4, -0.2) is 11.0 Å². The monoisotopic (exact) mass is 414 g/mol. The van der Waals surface area contributed by atoms with E-state index in [1.807, 2.05) is 18.3 Å². The van der Waals surface area contributed by atoms with Crippen LogP contribution < -0.4 is 5.73 Å². The summed E-state index contributed by atoms with van der Waals surface area (Å²) in [4.78, 5) is 5.54. The molecule has 2 N–H and O–H groups in total. The van der Waals surface area contributed by atoms with Crippen molar-refractivity contribution in [1.29, 1.82) is 0 Å². The fourth-order valence-electron chi connectivity index (χ4n) is 1.73. The molecule has 0 spiro atoms. The van der Waals surface area contributed by atoms with Gasteiger partial charge in [-0.15, -0.1) is 0 Å². The van der Waals surface area contributed by atoms with Crippen LogP contribution in [0.15, 0.2) is 55.4 Å². The normalized spacial score (nSPS) is 12.4. The Morgan fingerprint density at radius 1 is 1.25 bits per heavy atom. The van der Waals surface area contributed by atoms with E-state index in [-0.39, 0.29) is 6.04 Å². The summed E-state index contributed by atoms with van der Waals surface area (Å²) in [5.74, 6) is 0. The van der Waals surface area contributed by atoms with Crippen LogP contribution in [0.1, 0.15) is 18.9 Å².